The van der Waals surface area contributed by atoms with Crippen molar-refractivity contribution in [2.24, 2.45) is 0 Å². The second-order valence-corrected chi connectivity index (χ2v) is 4.98. The van der Waals surface area contributed by atoms with Gasteiger partial charge < -0.3 is 10.6 Å². The maximum absolute atomic E-state index is 8.99. The minimum Gasteiger partial charge on any atom is -0.362 e. The molecule has 0 bridgehead atoms. The summed E-state index contributed by atoms with van der Waals surface area (Å²) in [6.07, 6.45) is 2.51. The van der Waals surface area contributed by atoms with Crippen LogP contribution >= 0.6 is 12.2 Å². The van der Waals surface area contributed by atoms with Gasteiger partial charge in [-0.1, -0.05) is 24.3 Å². The number of hydrogen-bond donors (Lipinski definition) is 2. The molecule has 0 atom stereocenters. The minimum absolute atomic E-state index is 0.471. The number of pyridine rings is 1. The smallest absolute Gasteiger partial charge is 0.171 e. The number of benzene rings is 1. The third-order valence-electron chi connectivity index (χ3n) is 3.10. The molecule has 0 saturated carbocycles. The van der Waals surface area contributed by atoms with Crippen molar-refractivity contribution in [2.75, 3.05) is 11.9 Å². The van der Waals surface area contributed by atoms with Crippen LogP contribution in [-0.2, 0) is 6.42 Å². The molecule has 0 radical (unpaired) electrons. The molecule has 0 unspecified atom stereocenters. The lowest BCUT2D eigenvalue weighted by molar-refractivity contribution is 0.867. The van der Waals surface area contributed by atoms with Gasteiger partial charge in [-0.15, -0.1) is 0 Å². The number of nitrogens with one attached hydrogen (secondary N) is 2. The molecule has 0 spiro atoms. The monoisotopic (exact) mass is 296 g/mol. The molecule has 106 valence electrons. The molecule has 2 rings (SSSR count). The first kappa shape index (κ1) is 14.9. The zero-order chi connectivity index (χ0) is 15.1. The summed E-state index contributed by atoms with van der Waals surface area (Å²) in [6.45, 7) is 2.82. The fourth-order valence-electron chi connectivity index (χ4n) is 1.95. The standard InChI is InChI=1S/C16H16N4S/c1-12-5-2-3-6-13(12)8-10-19-16(21)20-15-14(11-17)7-4-9-18-15/h2-7,9H,8,10H2,1H3,(H2,18,19,20,21). The van der Waals surface area contributed by atoms with Crippen molar-refractivity contribution in [3.63, 3.8) is 0 Å². The summed E-state index contributed by atoms with van der Waals surface area (Å²) in [6, 6.07) is 13.8. The van der Waals surface area contributed by atoms with E-state index in [-0.39, 0.29) is 0 Å². The van der Waals surface area contributed by atoms with Crippen LogP contribution in [0.2, 0.25) is 0 Å². The number of aromatic nitrogens is 1. The van der Waals surface area contributed by atoms with Crippen LogP contribution in [0.15, 0.2) is 42.6 Å². The number of nitrogens with zero attached hydrogens (tertiary/aromatic N) is 2. The number of rotatable bonds is 4. The van der Waals surface area contributed by atoms with Crippen LogP contribution in [0.25, 0.3) is 0 Å². The van der Waals surface area contributed by atoms with Crippen molar-refractivity contribution in [1.82, 2.24) is 10.3 Å². The van der Waals surface area contributed by atoms with Crippen LogP contribution < -0.4 is 10.6 Å². The maximum Gasteiger partial charge on any atom is 0.171 e. The normalized spacial score (nSPS) is 9.71. The molecule has 2 N–H and O–H groups in total. The Hall–Kier alpha value is -2.45. The maximum atomic E-state index is 8.99. The second-order valence-electron chi connectivity index (χ2n) is 4.57. The highest BCUT2D eigenvalue weighted by Crippen LogP contribution is 2.09. The van der Waals surface area contributed by atoms with Gasteiger partial charge in [-0.25, -0.2) is 4.98 Å². The Labute approximate surface area is 129 Å². The van der Waals surface area contributed by atoms with Crippen molar-refractivity contribution in [1.29, 1.82) is 5.26 Å². The summed E-state index contributed by atoms with van der Waals surface area (Å²) >= 11 is 5.22. The Kier molecular flexibility index (Phi) is 5.24. The van der Waals surface area contributed by atoms with E-state index in [2.05, 4.69) is 40.7 Å². The molecule has 21 heavy (non-hydrogen) atoms. The predicted octanol–water partition coefficient (Wildman–Crippen LogP) is 2.79. The summed E-state index contributed by atoms with van der Waals surface area (Å²) < 4.78 is 0. The Morgan fingerprint density at radius 1 is 1.29 bits per heavy atom. The SMILES string of the molecule is Cc1ccccc1CCNC(=S)Nc1ncccc1C#N. The molecule has 5 heteroatoms. The number of hydrogen-bond acceptors (Lipinski definition) is 3. The molecule has 1 heterocycles. The number of nitriles is 1. The number of thiocarbonyl (C=S) groups is 1. The highest BCUT2D eigenvalue weighted by atomic mass is 32.1. The molecule has 1 aromatic heterocycles. The summed E-state index contributed by atoms with van der Waals surface area (Å²) in [7, 11) is 0. The van der Waals surface area contributed by atoms with E-state index in [4.69, 9.17) is 17.5 Å². The van der Waals surface area contributed by atoms with Crippen LogP contribution in [0.4, 0.5) is 5.82 Å². The summed E-state index contributed by atoms with van der Waals surface area (Å²) in [5, 5.41) is 15.5. The average Bonchev–Trinajstić information content (AvgIpc) is 2.50. The van der Waals surface area contributed by atoms with Gasteiger partial charge in [-0.3, -0.25) is 0 Å². The summed E-state index contributed by atoms with van der Waals surface area (Å²) in [5.41, 5.74) is 3.04. The van der Waals surface area contributed by atoms with E-state index in [1.54, 1.807) is 18.3 Å². The molecule has 1 aromatic carbocycles. The van der Waals surface area contributed by atoms with Crippen LogP contribution in [0.5, 0.6) is 0 Å². The molecule has 0 aliphatic rings. The second kappa shape index (κ2) is 7.36. The zero-order valence-corrected chi connectivity index (χ0v) is 12.6. The van der Waals surface area contributed by atoms with Crippen LogP contribution in [0.1, 0.15) is 16.7 Å². The van der Waals surface area contributed by atoms with Gasteiger partial charge in [0.1, 0.15) is 11.9 Å². The average molecular weight is 296 g/mol. The van der Waals surface area contributed by atoms with E-state index in [1.807, 2.05) is 12.1 Å². The first-order chi connectivity index (χ1) is 10.2. The van der Waals surface area contributed by atoms with Crippen molar-refractivity contribution in [3.05, 3.63) is 59.3 Å². The molecular formula is C16H16N4S. The van der Waals surface area contributed by atoms with Gasteiger partial charge in [0.05, 0.1) is 5.56 Å². The van der Waals surface area contributed by atoms with E-state index in [0.29, 0.717) is 16.5 Å². The van der Waals surface area contributed by atoms with Crippen molar-refractivity contribution in [2.45, 2.75) is 13.3 Å². The number of aryl methyl sites for hydroxylation is 1. The first-order valence-corrected chi connectivity index (χ1v) is 7.06. The van der Waals surface area contributed by atoms with Gasteiger partial charge in [0, 0.05) is 12.7 Å². The van der Waals surface area contributed by atoms with Crippen molar-refractivity contribution in [3.8, 4) is 6.07 Å². The van der Waals surface area contributed by atoms with Gasteiger partial charge in [0.2, 0.25) is 0 Å². The summed E-state index contributed by atoms with van der Waals surface area (Å²) in [5.74, 6) is 0.480. The topological polar surface area (TPSA) is 60.7 Å². The molecular weight excluding hydrogens is 280 g/mol. The lowest BCUT2D eigenvalue weighted by Gasteiger charge is -2.11. The molecule has 0 aliphatic heterocycles. The molecule has 0 saturated heterocycles. The van der Waals surface area contributed by atoms with Gasteiger partial charge in [0.15, 0.2) is 5.11 Å². The van der Waals surface area contributed by atoms with Crippen molar-refractivity contribution >= 4 is 23.1 Å². The largest absolute Gasteiger partial charge is 0.362 e. The predicted molar refractivity (Wildman–Crippen MR) is 88.1 cm³/mol. The van der Waals surface area contributed by atoms with E-state index in [0.717, 1.165) is 13.0 Å². The molecule has 2 aromatic rings. The lowest BCUT2D eigenvalue weighted by Crippen LogP contribution is -2.30. The van der Waals surface area contributed by atoms with Gasteiger partial charge in [0.25, 0.3) is 0 Å². The van der Waals surface area contributed by atoms with Crippen molar-refractivity contribution < 1.29 is 0 Å². The third-order valence-corrected chi connectivity index (χ3v) is 3.35. The fraction of sp³-hybridized carbons (Fsp3) is 0.188. The van der Waals surface area contributed by atoms with Gasteiger partial charge >= 0.3 is 0 Å². The lowest BCUT2D eigenvalue weighted by atomic mass is 10.1. The van der Waals surface area contributed by atoms with E-state index < -0.39 is 0 Å². The Morgan fingerprint density at radius 3 is 2.86 bits per heavy atom. The van der Waals surface area contributed by atoms with E-state index in [9.17, 15) is 0 Å². The van der Waals surface area contributed by atoms with Crippen LogP contribution in [-0.4, -0.2) is 16.6 Å². The molecule has 0 fully saturated rings. The summed E-state index contributed by atoms with van der Waals surface area (Å²) in [4.78, 5) is 4.11. The van der Waals surface area contributed by atoms with E-state index in [1.165, 1.54) is 11.1 Å². The van der Waals surface area contributed by atoms with Gasteiger partial charge in [-0.2, -0.15) is 5.26 Å². The molecule has 0 amide bonds. The quantitative estimate of drug-likeness (QED) is 0.850. The minimum atomic E-state index is 0.471. The Bertz CT molecular complexity index is 676. The molecule has 4 nitrogen and oxygen atoms in total. The third kappa shape index (κ3) is 4.26. The van der Waals surface area contributed by atoms with Gasteiger partial charge in [-0.05, 0) is 48.8 Å². The number of anilines is 1. The highest BCUT2D eigenvalue weighted by Gasteiger charge is 2.04. The highest BCUT2D eigenvalue weighted by molar-refractivity contribution is 7.80. The van der Waals surface area contributed by atoms with Crippen LogP contribution in [0, 0.1) is 18.3 Å². The Balaban J connectivity index is 1.86. The molecule has 0 aliphatic carbocycles. The van der Waals surface area contributed by atoms with Crippen LogP contribution in [0.3, 0.4) is 0 Å². The first-order valence-electron chi connectivity index (χ1n) is 6.65. The zero-order valence-electron chi connectivity index (χ0n) is 11.8. The fourth-order valence-corrected chi connectivity index (χ4v) is 2.15. The Morgan fingerprint density at radius 2 is 2.10 bits per heavy atom. The van der Waals surface area contributed by atoms with E-state index >= 15 is 0 Å².